The first-order valence-corrected chi connectivity index (χ1v) is 11.8. The van der Waals surface area contributed by atoms with Crippen molar-refractivity contribution >= 4 is 23.4 Å². The van der Waals surface area contributed by atoms with Gasteiger partial charge >= 0.3 is 0 Å². The van der Waals surface area contributed by atoms with Gasteiger partial charge in [-0.25, -0.2) is 0 Å². The van der Waals surface area contributed by atoms with E-state index in [-0.39, 0.29) is 44.8 Å². The Morgan fingerprint density at radius 1 is 1.00 bits per heavy atom. The van der Waals surface area contributed by atoms with E-state index >= 15 is 0 Å². The Hall–Kier alpha value is -3.91. The minimum absolute atomic E-state index is 0.140. The topological polar surface area (TPSA) is 81.5 Å². The van der Waals surface area contributed by atoms with Crippen LogP contribution in [0.4, 0.5) is 0 Å². The van der Waals surface area contributed by atoms with Crippen LogP contribution in [0.25, 0.3) is 0 Å². The third-order valence-electron chi connectivity index (χ3n) is 5.51. The van der Waals surface area contributed by atoms with E-state index in [9.17, 15) is 9.59 Å². The lowest BCUT2D eigenvalue weighted by atomic mass is 10.2. The average Bonchev–Trinajstić information content (AvgIpc) is 3.51. The maximum absolute atomic E-state index is 13.4. The van der Waals surface area contributed by atoms with Crippen LogP contribution in [0.15, 0.2) is 71.7 Å². The maximum Gasteiger partial charge on any atom is 0.261 e. The Morgan fingerprint density at radius 3 is 2.50 bits per heavy atom. The van der Waals surface area contributed by atoms with E-state index in [0.29, 0.717) is 34.6 Å². The predicted octanol–water partition coefficient (Wildman–Crippen LogP) is 4.59. The predicted molar refractivity (Wildman–Crippen MR) is 134 cm³/mol. The molecule has 0 spiro atoms. The number of halogens is 1. The summed E-state index contributed by atoms with van der Waals surface area (Å²) in [5.41, 5.74) is 0.864. The second-order valence-corrected chi connectivity index (χ2v) is 8.69. The smallest absolute Gasteiger partial charge is 0.261 e. The highest BCUT2D eigenvalue weighted by molar-refractivity contribution is 6.30. The average molecular weight is 511 g/mol. The molecular formula is C27H27ClN2O6. The van der Waals surface area contributed by atoms with Crippen LogP contribution >= 0.6 is 11.6 Å². The minimum atomic E-state index is -0.338. The standard InChI is InChI=1S/C27H27ClN2O6/c1-3-12-29(27(32)17-33-22-9-6-21(28)7-10-22)16-26(31)30(15-23-8-4-19(2)36-23)14-20-5-11-24-25(13-20)35-18-34-24/h3-11,13H,1,12,14-18H2,2H3. The zero-order valence-corrected chi connectivity index (χ0v) is 20.7. The second kappa shape index (κ2) is 11.7. The summed E-state index contributed by atoms with van der Waals surface area (Å²) in [7, 11) is 0. The number of rotatable bonds is 11. The van der Waals surface area contributed by atoms with Crippen LogP contribution in [0.1, 0.15) is 17.1 Å². The number of carbonyl (C=O) groups excluding carboxylic acids is 2. The third-order valence-corrected chi connectivity index (χ3v) is 5.76. The summed E-state index contributed by atoms with van der Waals surface area (Å²) < 4.78 is 22.1. The molecule has 0 saturated heterocycles. The van der Waals surface area contributed by atoms with Gasteiger partial charge in [-0.2, -0.15) is 0 Å². The highest BCUT2D eigenvalue weighted by Gasteiger charge is 2.23. The molecule has 0 atom stereocenters. The Balaban J connectivity index is 1.45. The van der Waals surface area contributed by atoms with Gasteiger partial charge in [0.25, 0.3) is 5.91 Å². The molecule has 36 heavy (non-hydrogen) atoms. The number of carbonyl (C=O) groups is 2. The molecule has 4 rings (SSSR count). The van der Waals surface area contributed by atoms with Crippen molar-refractivity contribution in [3.05, 3.63) is 89.4 Å². The van der Waals surface area contributed by atoms with Gasteiger partial charge in [-0.1, -0.05) is 23.7 Å². The van der Waals surface area contributed by atoms with E-state index in [1.165, 1.54) is 4.90 Å². The van der Waals surface area contributed by atoms with E-state index in [1.807, 2.05) is 37.3 Å². The highest BCUT2D eigenvalue weighted by atomic mass is 35.5. The summed E-state index contributed by atoms with van der Waals surface area (Å²) in [6.45, 7) is 6.12. The molecule has 2 heterocycles. The van der Waals surface area contributed by atoms with Crippen molar-refractivity contribution in [3.63, 3.8) is 0 Å². The van der Waals surface area contributed by atoms with Gasteiger partial charge in [-0.15, -0.1) is 6.58 Å². The molecular weight excluding hydrogens is 484 g/mol. The molecule has 3 aromatic rings. The van der Waals surface area contributed by atoms with E-state index in [2.05, 4.69) is 6.58 Å². The SMILES string of the molecule is C=CCN(CC(=O)N(Cc1ccc2c(c1)OCO2)Cc1ccc(C)o1)C(=O)COc1ccc(Cl)cc1. The molecule has 188 valence electrons. The summed E-state index contributed by atoms with van der Waals surface area (Å²) in [5, 5.41) is 0.571. The number of nitrogens with zero attached hydrogens (tertiary/aromatic N) is 2. The van der Waals surface area contributed by atoms with Crippen LogP contribution in [-0.2, 0) is 22.7 Å². The molecule has 8 nitrogen and oxygen atoms in total. The number of fused-ring (bicyclic) bond motifs is 1. The number of hydrogen-bond acceptors (Lipinski definition) is 6. The van der Waals surface area contributed by atoms with Crippen LogP contribution < -0.4 is 14.2 Å². The fourth-order valence-electron chi connectivity index (χ4n) is 3.69. The van der Waals surface area contributed by atoms with Gasteiger partial charge in [0.15, 0.2) is 18.1 Å². The Morgan fingerprint density at radius 2 is 1.78 bits per heavy atom. The van der Waals surface area contributed by atoms with Crippen molar-refractivity contribution in [2.75, 3.05) is 26.5 Å². The van der Waals surface area contributed by atoms with Gasteiger partial charge in [0, 0.05) is 18.1 Å². The van der Waals surface area contributed by atoms with Gasteiger partial charge < -0.3 is 28.4 Å². The molecule has 0 saturated carbocycles. The zero-order chi connectivity index (χ0) is 25.5. The molecule has 9 heteroatoms. The molecule has 0 N–H and O–H groups in total. The molecule has 1 aliphatic heterocycles. The van der Waals surface area contributed by atoms with E-state index < -0.39 is 0 Å². The van der Waals surface area contributed by atoms with Crippen molar-refractivity contribution in [1.82, 2.24) is 9.80 Å². The quantitative estimate of drug-likeness (QED) is 0.351. The molecule has 0 aliphatic carbocycles. The fourth-order valence-corrected chi connectivity index (χ4v) is 3.82. The first-order valence-electron chi connectivity index (χ1n) is 11.4. The summed E-state index contributed by atoms with van der Waals surface area (Å²) in [6.07, 6.45) is 1.57. The zero-order valence-electron chi connectivity index (χ0n) is 19.9. The van der Waals surface area contributed by atoms with Crippen LogP contribution in [0.5, 0.6) is 17.2 Å². The van der Waals surface area contributed by atoms with Crippen molar-refractivity contribution in [3.8, 4) is 17.2 Å². The number of ether oxygens (including phenoxy) is 3. The van der Waals surface area contributed by atoms with Crippen LogP contribution in [-0.4, -0.2) is 48.1 Å². The van der Waals surface area contributed by atoms with Crippen LogP contribution in [0.2, 0.25) is 5.02 Å². The third kappa shape index (κ3) is 6.60. The maximum atomic E-state index is 13.4. The Labute approximate surface area is 214 Å². The molecule has 0 bridgehead atoms. The summed E-state index contributed by atoms with van der Waals surface area (Å²) in [4.78, 5) is 29.4. The van der Waals surface area contributed by atoms with E-state index in [0.717, 1.165) is 11.3 Å². The minimum Gasteiger partial charge on any atom is -0.484 e. The van der Waals surface area contributed by atoms with Gasteiger partial charge in [0.05, 0.1) is 6.54 Å². The normalized spacial score (nSPS) is 11.7. The molecule has 0 unspecified atom stereocenters. The number of aryl methyl sites for hydroxylation is 1. The molecule has 1 aliphatic rings. The molecule has 2 aromatic carbocycles. The second-order valence-electron chi connectivity index (χ2n) is 8.26. The lowest BCUT2D eigenvalue weighted by molar-refractivity contribution is -0.142. The fraction of sp³-hybridized carbons (Fsp3) is 0.259. The number of amides is 2. The first kappa shape index (κ1) is 25.2. The van der Waals surface area contributed by atoms with Gasteiger partial charge in [-0.3, -0.25) is 9.59 Å². The number of furan rings is 1. The van der Waals surface area contributed by atoms with E-state index in [4.69, 9.17) is 30.2 Å². The summed E-state index contributed by atoms with van der Waals surface area (Å²) in [5.74, 6) is 2.63. The summed E-state index contributed by atoms with van der Waals surface area (Å²) in [6, 6.07) is 15.9. The lowest BCUT2D eigenvalue weighted by Crippen LogP contribution is -2.44. The monoisotopic (exact) mass is 510 g/mol. The highest BCUT2D eigenvalue weighted by Crippen LogP contribution is 2.33. The first-order chi connectivity index (χ1) is 17.4. The molecule has 0 radical (unpaired) electrons. The largest absolute Gasteiger partial charge is 0.484 e. The Bertz CT molecular complexity index is 1220. The van der Waals surface area contributed by atoms with Crippen molar-refractivity contribution in [2.24, 2.45) is 0 Å². The van der Waals surface area contributed by atoms with Crippen molar-refractivity contribution in [2.45, 2.75) is 20.0 Å². The van der Waals surface area contributed by atoms with Gasteiger partial charge in [0.2, 0.25) is 12.7 Å². The van der Waals surface area contributed by atoms with Gasteiger partial charge in [-0.05, 0) is 61.0 Å². The summed E-state index contributed by atoms with van der Waals surface area (Å²) >= 11 is 5.89. The van der Waals surface area contributed by atoms with Crippen LogP contribution in [0.3, 0.4) is 0 Å². The lowest BCUT2D eigenvalue weighted by Gasteiger charge is -2.27. The molecule has 2 amide bonds. The molecule has 0 fully saturated rings. The number of benzene rings is 2. The Kier molecular flexibility index (Phi) is 8.17. The van der Waals surface area contributed by atoms with Crippen molar-refractivity contribution in [1.29, 1.82) is 0 Å². The van der Waals surface area contributed by atoms with Crippen molar-refractivity contribution < 1.29 is 28.2 Å². The molecule has 1 aromatic heterocycles. The number of hydrogen-bond donors (Lipinski definition) is 0. The van der Waals surface area contributed by atoms with E-state index in [1.54, 1.807) is 35.2 Å². The van der Waals surface area contributed by atoms with Gasteiger partial charge in [0.1, 0.15) is 23.8 Å². The van der Waals surface area contributed by atoms with Crippen LogP contribution in [0, 0.1) is 6.92 Å².